The summed E-state index contributed by atoms with van der Waals surface area (Å²) in [6, 6.07) is 20.2. The third-order valence-electron chi connectivity index (χ3n) is 6.64. The number of halogens is 2. The molecule has 0 N–H and O–H groups in total. The molecule has 0 bridgehead atoms. The van der Waals surface area contributed by atoms with Gasteiger partial charge in [0.25, 0.3) is 5.56 Å². The van der Waals surface area contributed by atoms with Crippen LogP contribution in [0.5, 0.6) is 11.5 Å². The second-order valence-electron chi connectivity index (χ2n) is 9.58. The summed E-state index contributed by atoms with van der Waals surface area (Å²) in [6.07, 6.45) is 3.49. The molecule has 0 spiro atoms. The van der Waals surface area contributed by atoms with Crippen LogP contribution >= 0.6 is 43.2 Å². The first-order valence-corrected chi connectivity index (χ1v) is 15.9. The van der Waals surface area contributed by atoms with E-state index in [1.54, 1.807) is 24.5 Å². The Morgan fingerprint density at radius 1 is 1.07 bits per heavy atom. The van der Waals surface area contributed by atoms with E-state index >= 15 is 0 Å². The third-order valence-corrected chi connectivity index (χ3v) is 8.77. The monoisotopic (exact) mass is 722 g/mol. The second-order valence-corrected chi connectivity index (χ2v) is 12.4. The van der Waals surface area contributed by atoms with E-state index in [0.717, 1.165) is 25.6 Å². The highest BCUT2D eigenvalue weighted by Gasteiger charge is 2.33. The summed E-state index contributed by atoms with van der Waals surface area (Å²) in [6.45, 7) is 8.19. The zero-order valence-electron chi connectivity index (χ0n) is 23.5. The molecule has 0 aliphatic carbocycles. The summed E-state index contributed by atoms with van der Waals surface area (Å²) in [4.78, 5) is 32.2. The van der Waals surface area contributed by atoms with Gasteiger partial charge in [-0.15, -0.1) is 0 Å². The maximum absolute atomic E-state index is 13.9. The fourth-order valence-corrected chi connectivity index (χ4v) is 6.45. The highest BCUT2D eigenvalue weighted by molar-refractivity contribution is 9.10. The largest absolute Gasteiger partial charge is 0.490 e. The third kappa shape index (κ3) is 6.92. The van der Waals surface area contributed by atoms with E-state index in [0.29, 0.717) is 45.3 Å². The van der Waals surface area contributed by atoms with Crippen molar-refractivity contribution in [2.24, 2.45) is 4.99 Å². The number of nitrogens with zero attached hydrogens (tertiary/aromatic N) is 2. The molecule has 0 fully saturated rings. The molecule has 4 aromatic rings. The van der Waals surface area contributed by atoms with Crippen LogP contribution in [0.15, 0.2) is 109 Å². The lowest BCUT2D eigenvalue weighted by Crippen LogP contribution is -2.39. The topological polar surface area (TPSA) is 79.1 Å². The van der Waals surface area contributed by atoms with E-state index in [2.05, 4.69) is 43.4 Å². The van der Waals surface area contributed by atoms with E-state index in [9.17, 15) is 9.59 Å². The van der Waals surface area contributed by atoms with Gasteiger partial charge in [0.1, 0.15) is 24.7 Å². The number of allylic oxidation sites excluding steroid dienone is 1. The lowest BCUT2D eigenvalue weighted by atomic mass is 9.96. The van der Waals surface area contributed by atoms with Crippen molar-refractivity contribution in [1.82, 2.24) is 4.57 Å². The Bertz CT molecular complexity index is 1880. The Hall–Kier alpha value is -3.73. The Labute approximate surface area is 269 Å². The van der Waals surface area contributed by atoms with Crippen LogP contribution in [0.2, 0.25) is 0 Å². The molecule has 2 heterocycles. The summed E-state index contributed by atoms with van der Waals surface area (Å²) in [5.74, 6) is 0.846. The van der Waals surface area contributed by atoms with E-state index in [1.165, 1.54) is 11.3 Å². The number of ether oxygens (including phenoxy) is 3. The van der Waals surface area contributed by atoms with E-state index in [-0.39, 0.29) is 12.2 Å². The molecule has 1 aromatic heterocycles. The lowest BCUT2D eigenvalue weighted by Gasteiger charge is -2.24. The standard InChI is InChI=1S/C33H28Br2N2O5S/c1-4-16-41-25-13-9-23(10-14-25)30-29(32(39)40-5-2)20(3)36-33-37(30)31(38)28(43-33)18-22-8-15-27(26(35)17-22)42-19-21-6-11-24(34)12-7-21/h4,6-15,17-18,30H,1,5,16,19H2,2-3H3/b28-18-/t30-/m1/s1. The minimum Gasteiger partial charge on any atom is -0.490 e. The van der Waals surface area contributed by atoms with Gasteiger partial charge in [-0.25, -0.2) is 9.79 Å². The molecule has 0 saturated carbocycles. The minimum atomic E-state index is -0.702. The summed E-state index contributed by atoms with van der Waals surface area (Å²) in [5.41, 5.74) is 3.20. The van der Waals surface area contributed by atoms with Crippen molar-refractivity contribution < 1.29 is 19.0 Å². The van der Waals surface area contributed by atoms with Gasteiger partial charge in [-0.1, -0.05) is 70.3 Å². The van der Waals surface area contributed by atoms with Crippen molar-refractivity contribution in [3.05, 3.63) is 136 Å². The maximum Gasteiger partial charge on any atom is 0.338 e. The number of benzene rings is 3. The van der Waals surface area contributed by atoms with Crippen LogP contribution in [0.4, 0.5) is 0 Å². The SMILES string of the molecule is C=CCOc1ccc([C@@H]2C(C(=O)OCC)=C(C)N=c3s/c(=C\c4ccc(OCc5ccc(Br)cc5)c(Br)c4)c(=O)n32)cc1. The van der Waals surface area contributed by atoms with Gasteiger partial charge in [0.05, 0.1) is 32.9 Å². The number of fused-ring (bicyclic) bond motifs is 1. The van der Waals surface area contributed by atoms with E-state index in [4.69, 9.17) is 14.2 Å². The average Bonchev–Trinajstić information content (AvgIpc) is 3.30. The summed E-state index contributed by atoms with van der Waals surface area (Å²) in [5, 5.41) is 0. The molecule has 220 valence electrons. The Morgan fingerprint density at radius 3 is 2.49 bits per heavy atom. The molecule has 0 amide bonds. The van der Waals surface area contributed by atoms with Crippen LogP contribution in [0.3, 0.4) is 0 Å². The molecule has 1 aliphatic rings. The molecule has 43 heavy (non-hydrogen) atoms. The maximum atomic E-state index is 13.9. The van der Waals surface area contributed by atoms with Crippen molar-refractivity contribution in [1.29, 1.82) is 0 Å². The van der Waals surface area contributed by atoms with Crippen LogP contribution in [-0.2, 0) is 16.1 Å². The average molecular weight is 724 g/mol. The first-order chi connectivity index (χ1) is 20.8. The first-order valence-electron chi connectivity index (χ1n) is 13.5. The number of rotatable bonds is 10. The number of hydrogen-bond acceptors (Lipinski definition) is 7. The van der Waals surface area contributed by atoms with Crippen LogP contribution < -0.4 is 24.4 Å². The van der Waals surface area contributed by atoms with Crippen molar-refractivity contribution in [3.63, 3.8) is 0 Å². The van der Waals surface area contributed by atoms with Crippen LogP contribution in [0, 0.1) is 0 Å². The van der Waals surface area contributed by atoms with Crippen molar-refractivity contribution >= 4 is 55.2 Å². The molecule has 1 atom stereocenters. The van der Waals surface area contributed by atoms with Crippen molar-refractivity contribution in [3.8, 4) is 11.5 Å². The summed E-state index contributed by atoms with van der Waals surface area (Å²) in [7, 11) is 0. The van der Waals surface area contributed by atoms with E-state index < -0.39 is 12.0 Å². The number of carbonyl (C=O) groups is 1. The fourth-order valence-electron chi connectivity index (χ4n) is 4.63. The molecule has 5 rings (SSSR count). The fraction of sp³-hybridized carbons (Fsp3) is 0.182. The molecule has 0 saturated heterocycles. The first kappa shape index (κ1) is 30.7. The smallest absolute Gasteiger partial charge is 0.338 e. The Kier molecular flexibility index (Phi) is 9.79. The minimum absolute atomic E-state index is 0.207. The Balaban J connectivity index is 1.50. The molecule has 0 unspecified atom stereocenters. The number of hydrogen-bond donors (Lipinski definition) is 0. The molecule has 1 aliphatic heterocycles. The highest BCUT2D eigenvalue weighted by Crippen LogP contribution is 2.32. The van der Waals surface area contributed by atoms with Crippen molar-refractivity contribution in [2.45, 2.75) is 26.5 Å². The molecule has 10 heteroatoms. The van der Waals surface area contributed by atoms with Crippen LogP contribution in [0.25, 0.3) is 6.08 Å². The predicted molar refractivity (Wildman–Crippen MR) is 175 cm³/mol. The van der Waals surface area contributed by atoms with Gasteiger partial charge in [-0.2, -0.15) is 0 Å². The van der Waals surface area contributed by atoms with E-state index in [1.807, 2.05) is 72.8 Å². The van der Waals surface area contributed by atoms with Gasteiger partial charge in [0.2, 0.25) is 0 Å². The molecular weight excluding hydrogens is 696 g/mol. The lowest BCUT2D eigenvalue weighted by molar-refractivity contribution is -0.139. The highest BCUT2D eigenvalue weighted by atomic mass is 79.9. The van der Waals surface area contributed by atoms with Crippen LogP contribution in [0.1, 0.15) is 36.6 Å². The summed E-state index contributed by atoms with van der Waals surface area (Å²) < 4.78 is 20.8. The van der Waals surface area contributed by atoms with Gasteiger partial charge in [0.15, 0.2) is 4.80 Å². The number of aromatic nitrogens is 1. The van der Waals surface area contributed by atoms with Gasteiger partial charge in [-0.05, 0) is 88.9 Å². The normalized spacial score (nSPS) is 14.6. The zero-order chi connectivity index (χ0) is 30.5. The number of thiazole rings is 1. The van der Waals surface area contributed by atoms with Gasteiger partial charge in [-0.3, -0.25) is 9.36 Å². The molecule has 7 nitrogen and oxygen atoms in total. The van der Waals surface area contributed by atoms with Gasteiger partial charge >= 0.3 is 5.97 Å². The quantitative estimate of drug-likeness (QED) is 0.139. The molecule has 3 aromatic carbocycles. The second kappa shape index (κ2) is 13.7. The molecular formula is C33H28Br2N2O5S. The summed E-state index contributed by atoms with van der Waals surface area (Å²) >= 11 is 8.32. The molecule has 0 radical (unpaired) electrons. The predicted octanol–water partition coefficient (Wildman–Crippen LogP) is 6.47. The van der Waals surface area contributed by atoms with Gasteiger partial charge < -0.3 is 14.2 Å². The van der Waals surface area contributed by atoms with Crippen molar-refractivity contribution in [2.75, 3.05) is 13.2 Å². The van der Waals surface area contributed by atoms with Crippen LogP contribution in [-0.4, -0.2) is 23.8 Å². The number of esters is 1. The Morgan fingerprint density at radius 2 is 1.81 bits per heavy atom. The number of carbonyl (C=O) groups excluding carboxylic acids is 1. The zero-order valence-corrected chi connectivity index (χ0v) is 27.5. The van der Waals surface area contributed by atoms with Gasteiger partial charge in [0, 0.05) is 4.47 Å².